The monoisotopic (exact) mass is 265 g/mol. The van der Waals surface area contributed by atoms with Crippen molar-refractivity contribution >= 4 is 17.5 Å². The molecule has 1 saturated carbocycles. The van der Waals surface area contributed by atoms with Gasteiger partial charge in [-0.3, -0.25) is 4.79 Å². The lowest BCUT2D eigenvalue weighted by molar-refractivity contribution is -0.120. The zero-order chi connectivity index (χ0) is 12.8. The minimum atomic E-state index is 0.109. The van der Waals surface area contributed by atoms with Gasteiger partial charge in [0.15, 0.2) is 0 Å². The third-order valence-electron chi connectivity index (χ3n) is 3.51. The number of halogens is 1. The molecule has 0 aliphatic heterocycles. The maximum atomic E-state index is 11.8. The Balaban J connectivity index is 1.71. The molecule has 0 spiro atoms. The van der Waals surface area contributed by atoms with Crippen LogP contribution >= 0.6 is 11.6 Å². The fourth-order valence-electron chi connectivity index (χ4n) is 2.51. The van der Waals surface area contributed by atoms with Crippen molar-refractivity contribution in [3.8, 4) is 0 Å². The lowest BCUT2D eigenvalue weighted by Crippen LogP contribution is -2.32. The first-order valence-corrected chi connectivity index (χ1v) is 7.12. The van der Waals surface area contributed by atoms with Crippen LogP contribution in [0.15, 0.2) is 30.3 Å². The summed E-state index contributed by atoms with van der Waals surface area (Å²) in [7, 11) is 0. The predicted octanol–water partition coefficient (Wildman–Crippen LogP) is 3.14. The van der Waals surface area contributed by atoms with Gasteiger partial charge >= 0.3 is 0 Å². The lowest BCUT2D eigenvalue weighted by atomic mass is 9.89. The Kier molecular flexibility index (Phi) is 5.06. The molecule has 2 rings (SSSR count). The van der Waals surface area contributed by atoms with Crippen LogP contribution in [-0.2, 0) is 11.2 Å². The maximum Gasteiger partial charge on any atom is 0.224 e. The first kappa shape index (κ1) is 13.4. The van der Waals surface area contributed by atoms with Gasteiger partial charge in [-0.05, 0) is 30.7 Å². The Morgan fingerprint density at radius 3 is 2.78 bits per heavy atom. The molecule has 1 aliphatic carbocycles. The van der Waals surface area contributed by atoms with Crippen molar-refractivity contribution in [2.24, 2.45) is 5.92 Å². The molecule has 0 aromatic heterocycles. The molecule has 2 nitrogen and oxygen atoms in total. The lowest BCUT2D eigenvalue weighted by Gasteiger charge is -2.25. The van der Waals surface area contributed by atoms with Crippen LogP contribution in [0.25, 0.3) is 0 Å². The second-order valence-electron chi connectivity index (χ2n) is 5.10. The van der Waals surface area contributed by atoms with E-state index in [1.807, 2.05) is 30.3 Å². The zero-order valence-corrected chi connectivity index (χ0v) is 11.3. The third-order valence-corrected chi connectivity index (χ3v) is 3.91. The fourth-order valence-corrected chi connectivity index (χ4v) is 2.92. The van der Waals surface area contributed by atoms with Gasteiger partial charge in [0, 0.05) is 11.9 Å². The Morgan fingerprint density at radius 2 is 2.06 bits per heavy atom. The van der Waals surface area contributed by atoms with Crippen molar-refractivity contribution < 1.29 is 4.79 Å². The molecule has 18 heavy (non-hydrogen) atoms. The summed E-state index contributed by atoms with van der Waals surface area (Å²) in [6.45, 7) is 0.773. The first-order valence-electron chi connectivity index (χ1n) is 6.68. The number of hydrogen-bond acceptors (Lipinski definition) is 1. The van der Waals surface area contributed by atoms with Gasteiger partial charge in [-0.15, -0.1) is 11.6 Å². The predicted molar refractivity (Wildman–Crippen MR) is 74.8 cm³/mol. The van der Waals surface area contributed by atoms with Crippen LogP contribution in [0.3, 0.4) is 0 Å². The minimum Gasteiger partial charge on any atom is -0.356 e. The highest BCUT2D eigenvalue weighted by atomic mass is 35.5. The van der Waals surface area contributed by atoms with Gasteiger partial charge in [0.25, 0.3) is 0 Å². The molecule has 1 N–H and O–H groups in total. The van der Waals surface area contributed by atoms with Gasteiger partial charge in [0.1, 0.15) is 0 Å². The largest absolute Gasteiger partial charge is 0.356 e. The second-order valence-corrected chi connectivity index (χ2v) is 5.71. The molecule has 98 valence electrons. The van der Waals surface area contributed by atoms with Gasteiger partial charge in [-0.1, -0.05) is 36.8 Å². The quantitative estimate of drug-likeness (QED) is 0.833. The molecule has 3 heteroatoms. The van der Waals surface area contributed by atoms with Gasteiger partial charge in [-0.2, -0.15) is 0 Å². The van der Waals surface area contributed by atoms with Crippen molar-refractivity contribution in [2.45, 2.75) is 37.5 Å². The standard InChI is InChI=1S/C15H20ClNO/c16-14-8-4-7-13(9-14)11-17-15(18)10-12-5-2-1-3-6-12/h1-3,5-6,13-14H,4,7-11H2,(H,17,18). The zero-order valence-electron chi connectivity index (χ0n) is 10.6. The summed E-state index contributed by atoms with van der Waals surface area (Å²) in [5.74, 6) is 0.666. The molecular weight excluding hydrogens is 246 g/mol. The van der Waals surface area contributed by atoms with Crippen LogP contribution < -0.4 is 5.32 Å². The number of carbonyl (C=O) groups is 1. The van der Waals surface area contributed by atoms with Crippen LogP contribution in [-0.4, -0.2) is 17.8 Å². The van der Waals surface area contributed by atoms with Crippen LogP contribution in [0.2, 0.25) is 0 Å². The molecule has 1 aromatic carbocycles. The molecule has 0 bridgehead atoms. The summed E-state index contributed by atoms with van der Waals surface area (Å²) in [6.07, 6.45) is 5.00. The van der Waals surface area contributed by atoms with Crippen LogP contribution in [0, 0.1) is 5.92 Å². The van der Waals surface area contributed by atoms with E-state index >= 15 is 0 Å². The topological polar surface area (TPSA) is 29.1 Å². The molecule has 0 saturated heterocycles. The number of nitrogens with one attached hydrogen (secondary N) is 1. The van der Waals surface area contributed by atoms with E-state index in [0.29, 0.717) is 17.7 Å². The Hall–Kier alpha value is -1.02. The van der Waals surface area contributed by atoms with Crippen molar-refractivity contribution in [1.82, 2.24) is 5.32 Å². The molecule has 1 fully saturated rings. The summed E-state index contributed by atoms with van der Waals surface area (Å²) in [4.78, 5) is 11.8. The average Bonchev–Trinajstić information content (AvgIpc) is 2.38. The van der Waals surface area contributed by atoms with Crippen molar-refractivity contribution in [3.63, 3.8) is 0 Å². The Bertz CT molecular complexity index is 379. The van der Waals surface area contributed by atoms with Crippen LogP contribution in [0.5, 0.6) is 0 Å². The SMILES string of the molecule is O=C(Cc1ccccc1)NCC1CCCC(Cl)C1. The summed E-state index contributed by atoms with van der Waals surface area (Å²) >= 11 is 6.14. The highest BCUT2D eigenvalue weighted by Crippen LogP contribution is 2.27. The molecule has 2 unspecified atom stereocenters. The van der Waals surface area contributed by atoms with E-state index in [4.69, 9.17) is 11.6 Å². The first-order chi connectivity index (χ1) is 8.74. The third kappa shape index (κ3) is 4.34. The average molecular weight is 266 g/mol. The van der Waals surface area contributed by atoms with E-state index in [0.717, 1.165) is 24.9 Å². The fraction of sp³-hybridized carbons (Fsp3) is 0.533. The van der Waals surface area contributed by atoms with E-state index in [9.17, 15) is 4.79 Å². The number of carbonyl (C=O) groups excluding carboxylic acids is 1. The minimum absolute atomic E-state index is 0.109. The molecule has 1 aromatic rings. The summed E-state index contributed by atoms with van der Waals surface area (Å²) in [5, 5.41) is 3.32. The Labute approximate surface area is 114 Å². The van der Waals surface area contributed by atoms with Gasteiger partial charge in [0.05, 0.1) is 6.42 Å². The van der Waals surface area contributed by atoms with Crippen molar-refractivity contribution in [2.75, 3.05) is 6.54 Å². The summed E-state index contributed by atoms with van der Waals surface area (Å²) in [5.41, 5.74) is 1.06. The van der Waals surface area contributed by atoms with E-state index in [1.54, 1.807) is 0 Å². The second kappa shape index (κ2) is 6.79. The molecular formula is C15H20ClNO. The summed E-state index contributed by atoms with van der Waals surface area (Å²) in [6, 6.07) is 9.84. The number of amides is 1. The number of benzene rings is 1. The highest BCUT2D eigenvalue weighted by molar-refractivity contribution is 6.20. The smallest absolute Gasteiger partial charge is 0.224 e. The highest BCUT2D eigenvalue weighted by Gasteiger charge is 2.20. The maximum absolute atomic E-state index is 11.8. The van der Waals surface area contributed by atoms with Gasteiger partial charge in [-0.25, -0.2) is 0 Å². The van der Waals surface area contributed by atoms with E-state index in [-0.39, 0.29) is 5.91 Å². The van der Waals surface area contributed by atoms with Crippen molar-refractivity contribution in [1.29, 1.82) is 0 Å². The van der Waals surface area contributed by atoms with E-state index in [1.165, 1.54) is 12.8 Å². The normalized spacial score (nSPS) is 23.6. The van der Waals surface area contributed by atoms with Gasteiger partial charge < -0.3 is 5.32 Å². The number of alkyl halides is 1. The van der Waals surface area contributed by atoms with E-state index < -0.39 is 0 Å². The van der Waals surface area contributed by atoms with Crippen LogP contribution in [0.1, 0.15) is 31.2 Å². The summed E-state index contributed by atoms with van der Waals surface area (Å²) < 4.78 is 0. The van der Waals surface area contributed by atoms with Crippen LogP contribution in [0.4, 0.5) is 0 Å². The number of rotatable bonds is 4. The van der Waals surface area contributed by atoms with Gasteiger partial charge in [0.2, 0.25) is 5.91 Å². The Morgan fingerprint density at radius 1 is 1.28 bits per heavy atom. The molecule has 0 radical (unpaired) electrons. The molecule has 0 heterocycles. The molecule has 1 amide bonds. The molecule has 2 atom stereocenters. The molecule has 1 aliphatic rings. The number of hydrogen-bond donors (Lipinski definition) is 1. The van der Waals surface area contributed by atoms with Crippen molar-refractivity contribution in [3.05, 3.63) is 35.9 Å². The van der Waals surface area contributed by atoms with E-state index in [2.05, 4.69) is 5.32 Å².